The lowest BCUT2D eigenvalue weighted by molar-refractivity contribution is 0.0666. The third-order valence-corrected chi connectivity index (χ3v) is 5.74. The number of rotatable bonds is 5. The molecule has 1 aromatic carbocycles. The maximum absolute atomic E-state index is 13.0. The minimum Gasteiger partial charge on any atom is -0.338 e. The zero-order valence-electron chi connectivity index (χ0n) is 16.9. The summed E-state index contributed by atoms with van der Waals surface area (Å²) in [5, 5.41) is 0. The fourth-order valence-electron chi connectivity index (χ4n) is 4.05. The van der Waals surface area contributed by atoms with Crippen molar-refractivity contribution in [2.24, 2.45) is 5.92 Å². The Morgan fingerprint density at radius 1 is 1.18 bits per heavy atom. The first kappa shape index (κ1) is 20.1. The van der Waals surface area contributed by atoms with Crippen LogP contribution in [0.1, 0.15) is 63.7 Å². The Kier molecular flexibility index (Phi) is 6.12. The minimum atomic E-state index is -0.422. The molecule has 1 N–H and O–H groups in total. The number of H-pyrrole nitrogens is 1. The predicted octanol–water partition coefficient (Wildman–Crippen LogP) is 3.68. The van der Waals surface area contributed by atoms with Gasteiger partial charge in [0, 0.05) is 24.3 Å². The zero-order chi connectivity index (χ0) is 20.3. The van der Waals surface area contributed by atoms with Crippen LogP contribution in [0.3, 0.4) is 0 Å². The van der Waals surface area contributed by atoms with Crippen LogP contribution in [0.15, 0.2) is 35.1 Å². The smallest absolute Gasteiger partial charge is 0.261 e. The topological polar surface area (TPSA) is 70.2 Å². The summed E-state index contributed by atoms with van der Waals surface area (Å²) in [4.78, 5) is 41.5. The number of carbonyl (C=O) groups is 2. The van der Waals surface area contributed by atoms with Gasteiger partial charge in [0.1, 0.15) is 5.56 Å². The molecule has 1 saturated heterocycles. The predicted molar refractivity (Wildman–Crippen MR) is 110 cm³/mol. The fourth-order valence-corrected chi connectivity index (χ4v) is 4.05. The monoisotopic (exact) mass is 380 g/mol. The molecule has 5 heteroatoms. The molecule has 0 aliphatic carbocycles. The molecule has 1 aliphatic heterocycles. The maximum atomic E-state index is 13.0. The molecule has 1 aromatic heterocycles. The number of piperidine rings is 1. The summed E-state index contributed by atoms with van der Waals surface area (Å²) in [6, 6.07) is 9.86. The molecule has 0 saturated carbocycles. The molecule has 2 heterocycles. The van der Waals surface area contributed by atoms with Crippen molar-refractivity contribution in [3.8, 4) is 0 Å². The second-order valence-corrected chi connectivity index (χ2v) is 7.83. The molecule has 0 bridgehead atoms. The molecule has 1 fully saturated rings. The van der Waals surface area contributed by atoms with Gasteiger partial charge in [-0.2, -0.15) is 0 Å². The van der Waals surface area contributed by atoms with Crippen molar-refractivity contribution in [2.75, 3.05) is 13.1 Å². The van der Waals surface area contributed by atoms with Crippen LogP contribution >= 0.6 is 0 Å². The summed E-state index contributed by atoms with van der Waals surface area (Å²) in [7, 11) is 0. The molecule has 1 atom stereocenters. The molecular weight excluding hydrogens is 352 g/mol. The average Bonchev–Trinajstić information content (AvgIpc) is 2.67. The molecular formula is C23H28N2O3. The number of carbonyl (C=O) groups excluding carboxylic acids is 2. The molecule has 0 spiro atoms. The van der Waals surface area contributed by atoms with Crippen molar-refractivity contribution in [3.05, 3.63) is 68.6 Å². The van der Waals surface area contributed by atoms with Crippen LogP contribution in [0.25, 0.3) is 0 Å². The summed E-state index contributed by atoms with van der Waals surface area (Å²) < 4.78 is 0. The molecule has 3 rings (SSSR count). The maximum Gasteiger partial charge on any atom is 0.261 e. The van der Waals surface area contributed by atoms with Crippen LogP contribution < -0.4 is 5.56 Å². The number of ketones is 1. The Balaban J connectivity index is 1.71. The molecule has 28 heavy (non-hydrogen) atoms. The molecule has 1 amide bonds. The number of amides is 1. The van der Waals surface area contributed by atoms with E-state index < -0.39 is 5.56 Å². The van der Waals surface area contributed by atoms with Crippen LogP contribution in [0.5, 0.6) is 0 Å². The van der Waals surface area contributed by atoms with Gasteiger partial charge in [-0.25, -0.2) is 0 Å². The van der Waals surface area contributed by atoms with Gasteiger partial charge in [0.05, 0.1) is 0 Å². The van der Waals surface area contributed by atoms with E-state index in [-0.39, 0.29) is 17.3 Å². The Bertz CT molecular complexity index is 945. The van der Waals surface area contributed by atoms with E-state index in [1.807, 2.05) is 6.07 Å². The Morgan fingerprint density at radius 3 is 2.64 bits per heavy atom. The lowest BCUT2D eigenvalue weighted by Gasteiger charge is -2.33. The highest BCUT2D eigenvalue weighted by molar-refractivity contribution is 5.99. The standard InChI is InChI=1S/C23H28N2O3/c1-15-7-4-5-9-19(15)11-10-18-8-6-12-25(14-18)23(28)21-13-20(17(3)26)16(2)24-22(21)27/h4-5,7,9,13,18H,6,8,10-12,14H2,1-3H3,(H,24,27)/t18-/m1/s1. The number of nitrogens with one attached hydrogen (secondary N) is 1. The number of Topliss-reactive ketones (excluding diaryl/α,β-unsaturated/α-hetero) is 1. The van der Waals surface area contributed by atoms with Crippen LogP contribution in [-0.4, -0.2) is 34.7 Å². The highest BCUT2D eigenvalue weighted by Gasteiger charge is 2.26. The lowest BCUT2D eigenvalue weighted by Crippen LogP contribution is -2.42. The molecule has 2 aromatic rings. The van der Waals surface area contributed by atoms with E-state index in [9.17, 15) is 14.4 Å². The first-order valence-electron chi connectivity index (χ1n) is 9.95. The lowest BCUT2D eigenvalue weighted by atomic mass is 9.90. The number of benzene rings is 1. The number of hydrogen-bond acceptors (Lipinski definition) is 3. The van der Waals surface area contributed by atoms with Crippen molar-refractivity contribution in [1.29, 1.82) is 0 Å². The summed E-state index contributed by atoms with van der Waals surface area (Å²) in [5.41, 5.74) is 3.20. The second kappa shape index (κ2) is 8.55. The summed E-state index contributed by atoms with van der Waals surface area (Å²) in [5.74, 6) is -0.00370. The largest absolute Gasteiger partial charge is 0.338 e. The average molecular weight is 380 g/mol. The first-order chi connectivity index (χ1) is 13.4. The van der Waals surface area contributed by atoms with Crippen molar-refractivity contribution in [1.82, 2.24) is 9.88 Å². The van der Waals surface area contributed by atoms with Gasteiger partial charge in [-0.3, -0.25) is 14.4 Å². The third kappa shape index (κ3) is 4.41. The summed E-state index contributed by atoms with van der Waals surface area (Å²) >= 11 is 0. The van der Waals surface area contributed by atoms with E-state index in [2.05, 4.69) is 30.1 Å². The summed E-state index contributed by atoms with van der Waals surface area (Å²) in [6.07, 6.45) is 4.06. The minimum absolute atomic E-state index is 0.0651. The van der Waals surface area contributed by atoms with Crippen LogP contribution in [0, 0.1) is 19.8 Å². The van der Waals surface area contributed by atoms with Gasteiger partial charge in [-0.05, 0) is 69.6 Å². The molecule has 5 nitrogen and oxygen atoms in total. The molecule has 0 radical (unpaired) electrons. The molecule has 148 valence electrons. The number of aryl methyl sites for hydroxylation is 3. The molecule has 1 aliphatic rings. The van der Waals surface area contributed by atoms with E-state index in [1.54, 1.807) is 11.8 Å². The highest BCUT2D eigenvalue weighted by Crippen LogP contribution is 2.23. The van der Waals surface area contributed by atoms with E-state index in [0.29, 0.717) is 30.3 Å². The van der Waals surface area contributed by atoms with Crippen LogP contribution in [0.4, 0.5) is 0 Å². The Hall–Kier alpha value is -2.69. The number of aromatic amines is 1. The molecule has 0 unspecified atom stereocenters. The van der Waals surface area contributed by atoms with Crippen molar-refractivity contribution >= 4 is 11.7 Å². The summed E-state index contributed by atoms with van der Waals surface area (Å²) in [6.45, 7) is 6.56. The van der Waals surface area contributed by atoms with Gasteiger partial charge < -0.3 is 9.88 Å². The van der Waals surface area contributed by atoms with Crippen molar-refractivity contribution < 1.29 is 9.59 Å². The van der Waals surface area contributed by atoms with E-state index in [4.69, 9.17) is 0 Å². The number of likely N-dealkylation sites (tertiary alicyclic amines) is 1. The van der Waals surface area contributed by atoms with E-state index in [1.165, 1.54) is 24.1 Å². The van der Waals surface area contributed by atoms with Crippen LogP contribution in [0.2, 0.25) is 0 Å². The van der Waals surface area contributed by atoms with Gasteiger partial charge in [-0.15, -0.1) is 0 Å². The van der Waals surface area contributed by atoms with E-state index >= 15 is 0 Å². The first-order valence-corrected chi connectivity index (χ1v) is 9.95. The normalized spacial score (nSPS) is 16.8. The highest BCUT2D eigenvalue weighted by atomic mass is 16.2. The van der Waals surface area contributed by atoms with E-state index in [0.717, 1.165) is 25.7 Å². The number of hydrogen-bond donors (Lipinski definition) is 1. The zero-order valence-corrected chi connectivity index (χ0v) is 16.9. The van der Waals surface area contributed by atoms with Gasteiger partial charge in [0.15, 0.2) is 5.78 Å². The SMILES string of the molecule is CC(=O)c1cc(C(=O)N2CCC[C@H](CCc3ccccc3C)C2)c(=O)[nH]c1C. The fraction of sp³-hybridized carbons (Fsp3) is 0.435. The second-order valence-electron chi connectivity index (χ2n) is 7.83. The Morgan fingerprint density at radius 2 is 1.93 bits per heavy atom. The third-order valence-electron chi connectivity index (χ3n) is 5.74. The van der Waals surface area contributed by atoms with Crippen LogP contribution in [-0.2, 0) is 6.42 Å². The number of aromatic nitrogens is 1. The van der Waals surface area contributed by atoms with Gasteiger partial charge >= 0.3 is 0 Å². The number of nitrogens with zero attached hydrogens (tertiary/aromatic N) is 1. The van der Waals surface area contributed by atoms with Gasteiger partial charge in [0.25, 0.3) is 11.5 Å². The Labute approximate surface area is 165 Å². The van der Waals surface area contributed by atoms with Gasteiger partial charge in [0.2, 0.25) is 0 Å². The van der Waals surface area contributed by atoms with Crippen molar-refractivity contribution in [3.63, 3.8) is 0 Å². The van der Waals surface area contributed by atoms with Gasteiger partial charge in [-0.1, -0.05) is 24.3 Å². The van der Waals surface area contributed by atoms with Crippen molar-refractivity contribution in [2.45, 2.75) is 46.5 Å². The quantitative estimate of drug-likeness (QED) is 0.805. The number of pyridine rings is 1.